The monoisotopic (exact) mass is 264 g/mol. The van der Waals surface area contributed by atoms with Crippen LogP contribution < -0.4 is 10.1 Å². The fourth-order valence-electron chi connectivity index (χ4n) is 2.22. The number of fused-ring (bicyclic) bond motifs is 1. The van der Waals surface area contributed by atoms with Gasteiger partial charge in [-0.15, -0.1) is 0 Å². The topological polar surface area (TPSA) is 61.8 Å². The Kier molecular flexibility index (Phi) is 4.39. The maximum absolute atomic E-state index is 11.8. The zero-order chi connectivity index (χ0) is 13.8. The second-order valence-electron chi connectivity index (χ2n) is 5.03. The second-order valence-corrected chi connectivity index (χ2v) is 5.03. The van der Waals surface area contributed by atoms with Gasteiger partial charge in [-0.25, -0.2) is 0 Å². The van der Waals surface area contributed by atoms with Crippen molar-refractivity contribution in [3.05, 3.63) is 29.8 Å². The van der Waals surface area contributed by atoms with Gasteiger partial charge in [0, 0.05) is 12.0 Å². The van der Waals surface area contributed by atoms with Gasteiger partial charge in [0.25, 0.3) is 0 Å². The van der Waals surface area contributed by atoms with Crippen molar-refractivity contribution in [1.82, 2.24) is 10.2 Å². The van der Waals surface area contributed by atoms with E-state index in [9.17, 15) is 9.90 Å². The quantitative estimate of drug-likeness (QED) is 0.837. The molecule has 0 bridgehead atoms. The molecular formula is C14H20N2O3. The predicted molar refractivity (Wildman–Crippen MR) is 72.0 cm³/mol. The standard InChI is InChI=1S/C14H20N2O3/c1-16(2)9-13(17)15-11-7-8-19-12-6-4-3-5-10(12)14(11)18/h3-6,11,14,18H,7-9H2,1-2H3,(H,15,17). The average molecular weight is 264 g/mol. The van der Waals surface area contributed by atoms with Gasteiger partial charge in [0.15, 0.2) is 0 Å². The van der Waals surface area contributed by atoms with Crippen LogP contribution in [0.5, 0.6) is 5.75 Å². The Hall–Kier alpha value is -1.59. The molecule has 0 saturated carbocycles. The van der Waals surface area contributed by atoms with Gasteiger partial charge in [0.05, 0.1) is 19.2 Å². The molecule has 2 unspecified atom stereocenters. The molecule has 0 radical (unpaired) electrons. The first-order valence-corrected chi connectivity index (χ1v) is 6.42. The summed E-state index contributed by atoms with van der Waals surface area (Å²) < 4.78 is 5.59. The van der Waals surface area contributed by atoms with E-state index in [0.717, 1.165) is 5.56 Å². The molecule has 1 heterocycles. The number of aliphatic hydroxyl groups is 1. The van der Waals surface area contributed by atoms with Crippen molar-refractivity contribution in [2.45, 2.75) is 18.6 Å². The Bertz CT molecular complexity index is 448. The third-order valence-electron chi connectivity index (χ3n) is 3.11. The van der Waals surface area contributed by atoms with Crippen LogP contribution in [0.2, 0.25) is 0 Å². The van der Waals surface area contributed by atoms with Gasteiger partial charge in [0.2, 0.25) is 5.91 Å². The number of para-hydroxylation sites is 1. The third kappa shape index (κ3) is 3.45. The first kappa shape index (κ1) is 13.8. The first-order chi connectivity index (χ1) is 9.08. The fourth-order valence-corrected chi connectivity index (χ4v) is 2.22. The molecule has 1 aliphatic heterocycles. The van der Waals surface area contributed by atoms with Crippen molar-refractivity contribution in [2.75, 3.05) is 27.2 Å². The number of carbonyl (C=O) groups excluding carboxylic acids is 1. The lowest BCUT2D eigenvalue weighted by Gasteiger charge is -2.22. The van der Waals surface area contributed by atoms with E-state index < -0.39 is 6.10 Å². The van der Waals surface area contributed by atoms with E-state index in [0.29, 0.717) is 25.3 Å². The van der Waals surface area contributed by atoms with E-state index in [1.807, 2.05) is 38.4 Å². The molecule has 1 aromatic carbocycles. The van der Waals surface area contributed by atoms with E-state index in [1.54, 1.807) is 4.90 Å². The number of carbonyl (C=O) groups is 1. The summed E-state index contributed by atoms with van der Waals surface area (Å²) in [4.78, 5) is 13.6. The average Bonchev–Trinajstić information content (AvgIpc) is 2.50. The van der Waals surface area contributed by atoms with Gasteiger partial charge in [0.1, 0.15) is 11.9 Å². The maximum Gasteiger partial charge on any atom is 0.234 e. The van der Waals surface area contributed by atoms with E-state index in [-0.39, 0.29) is 11.9 Å². The molecule has 0 aliphatic carbocycles. The number of aliphatic hydroxyl groups excluding tert-OH is 1. The van der Waals surface area contributed by atoms with Crippen LogP contribution in [0.25, 0.3) is 0 Å². The second kappa shape index (κ2) is 6.04. The molecule has 5 heteroatoms. The summed E-state index contributed by atoms with van der Waals surface area (Å²) in [6, 6.07) is 7.08. The number of benzene rings is 1. The number of ether oxygens (including phenoxy) is 1. The Morgan fingerprint density at radius 1 is 1.47 bits per heavy atom. The van der Waals surface area contributed by atoms with Crippen LogP contribution in [-0.2, 0) is 4.79 Å². The molecule has 19 heavy (non-hydrogen) atoms. The van der Waals surface area contributed by atoms with Crippen molar-refractivity contribution in [3.63, 3.8) is 0 Å². The van der Waals surface area contributed by atoms with Gasteiger partial charge in [-0.3, -0.25) is 4.79 Å². The number of nitrogens with zero attached hydrogens (tertiary/aromatic N) is 1. The summed E-state index contributed by atoms with van der Waals surface area (Å²) in [5.41, 5.74) is 0.732. The van der Waals surface area contributed by atoms with Gasteiger partial charge in [-0.05, 0) is 20.2 Å². The normalized spacial score (nSPS) is 22.3. The summed E-state index contributed by atoms with van der Waals surface area (Å²) in [5.74, 6) is 0.604. The van der Waals surface area contributed by atoms with E-state index in [4.69, 9.17) is 4.74 Å². The minimum atomic E-state index is -0.732. The number of amides is 1. The molecule has 0 fully saturated rings. The zero-order valence-electron chi connectivity index (χ0n) is 11.3. The van der Waals surface area contributed by atoms with Crippen LogP contribution in [0.15, 0.2) is 24.3 Å². The predicted octanol–water partition coefficient (Wildman–Crippen LogP) is 0.549. The molecular weight excluding hydrogens is 244 g/mol. The lowest BCUT2D eigenvalue weighted by atomic mass is 10.0. The number of hydrogen-bond acceptors (Lipinski definition) is 4. The maximum atomic E-state index is 11.8. The molecule has 104 valence electrons. The molecule has 0 aromatic heterocycles. The van der Waals surface area contributed by atoms with Crippen LogP contribution in [0.3, 0.4) is 0 Å². The van der Waals surface area contributed by atoms with Crippen LogP contribution in [0.4, 0.5) is 0 Å². The molecule has 0 saturated heterocycles. The largest absolute Gasteiger partial charge is 0.493 e. The van der Waals surface area contributed by atoms with Crippen LogP contribution in [-0.4, -0.2) is 49.2 Å². The van der Waals surface area contributed by atoms with Crippen molar-refractivity contribution in [3.8, 4) is 5.75 Å². The number of nitrogens with one attached hydrogen (secondary N) is 1. The number of hydrogen-bond donors (Lipinski definition) is 2. The smallest absolute Gasteiger partial charge is 0.234 e. The van der Waals surface area contributed by atoms with Crippen LogP contribution in [0, 0.1) is 0 Å². The summed E-state index contributed by atoms with van der Waals surface area (Å²) in [5, 5.41) is 13.2. The molecule has 2 N–H and O–H groups in total. The lowest BCUT2D eigenvalue weighted by molar-refractivity contribution is -0.123. The molecule has 0 spiro atoms. The third-order valence-corrected chi connectivity index (χ3v) is 3.11. The van der Waals surface area contributed by atoms with Crippen molar-refractivity contribution >= 4 is 5.91 Å². The molecule has 5 nitrogen and oxygen atoms in total. The SMILES string of the molecule is CN(C)CC(=O)NC1CCOc2ccccc2C1O. The number of likely N-dealkylation sites (N-methyl/N-ethyl adjacent to an activating group) is 1. The minimum absolute atomic E-state index is 0.0894. The highest BCUT2D eigenvalue weighted by atomic mass is 16.5. The van der Waals surface area contributed by atoms with E-state index >= 15 is 0 Å². The highest BCUT2D eigenvalue weighted by Crippen LogP contribution is 2.31. The molecule has 2 atom stereocenters. The van der Waals surface area contributed by atoms with Crippen LogP contribution in [0.1, 0.15) is 18.1 Å². The van der Waals surface area contributed by atoms with Crippen molar-refractivity contribution in [1.29, 1.82) is 0 Å². The van der Waals surface area contributed by atoms with Crippen molar-refractivity contribution in [2.24, 2.45) is 0 Å². The minimum Gasteiger partial charge on any atom is -0.493 e. The Morgan fingerprint density at radius 2 is 2.21 bits per heavy atom. The van der Waals surface area contributed by atoms with Crippen molar-refractivity contribution < 1.29 is 14.6 Å². The summed E-state index contributed by atoms with van der Waals surface area (Å²) in [6.45, 7) is 0.798. The summed E-state index contributed by atoms with van der Waals surface area (Å²) in [7, 11) is 3.67. The van der Waals surface area contributed by atoms with E-state index in [2.05, 4.69) is 5.32 Å². The van der Waals surface area contributed by atoms with Gasteiger partial charge >= 0.3 is 0 Å². The highest BCUT2D eigenvalue weighted by molar-refractivity contribution is 5.78. The van der Waals surface area contributed by atoms with E-state index in [1.165, 1.54) is 0 Å². The molecule has 1 amide bonds. The first-order valence-electron chi connectivity index (χ1n) is 6.42. The Labute approximate surface area is 113 Å². The molecule has 1 aliphatic rings. The highest BCUT2D eigenvalue weighted by Gasteiger charge is 2.28. The van der Waals surface area contributed by atoms with Gasteiger partial charge < -0.3 is 20.1 Å². The number of rotatable bonds is 3. The van der Waals surface area contributed by atoms with Crippen LogP contribution >= 0.6 is 0 Å². The summed E-state index contributed by atoms with van der Waals surface area (Å²) in [6.07, 6.45) is -0.139. The fraction of sp³-hybridized carbons (Fsp3) is 0.500. The molecule has 1 aromatic rings. The van der Waals surface area contributed by atoms with Gasteiger partial charge in [-0.2, -0.15) is 0 Å². The Balaban J connectivity index is 2.09. The zero-order valence-corrected chi connectivity index (χ0v) is 11.3. The van der Waals surface area contributed by atoms with Gasteiger partial charge in [-0.1, -0.05) is 18.2 Å². The molecule has 2 rings (SSSR count). The summed E-state index contributed by atoms with van der Waals surface area (Å²) >= 11 is 0. The Morgan fingerprint density at radius 3 is 2.95 bits per heavy atom. The lowest BCUT2D eigenvalue weighted by Crippen LogP contribution is -2.43.